The minimum absolute atomic E-state index is 0. The van der Waals surface area contributed by atoms with E-state index >= 15 is 0 Å². The highest BCUT2D eigenvalue weighted by Crippen LogP contribution is 2.33. The molecule has 16 heavy (non-hydrogen) atoms. The smallest absolute Gasteiger partial charge is 0.130 e. The van der Waals surface area contributed by atoms with E-state index in [0.29, 0.717) is 18.1 Å². The molecule has 0 radical (unpaired) electrons. The second-order valence-corrected chi connectivity index (χ2v) is 3.98. The highest BCUT2D eigenvalue weighted by Gasteiger charge is 2.39. The van der Waals surface area contributed by atoms with E-state index in [4.69, 9.17) is 15.2 Å². The summed E-state index contributed by atoms with van der Waals surface area (Å²) in [7, 11) is 1.49. The summed E-state index contributed by atoms with van der Waals surface area (Å²) in [4.78, 5) is 0. The first-order chi connectivity index (χ1) is 7.11. The van der Waals surface area contributed by atoms with Gasteiger partial charge in [-0.05, 0) is 12.8 Å². The zero-order valence-corrected chi connectivity index (χ0v) is 9.85. The topological polar surface area (TPSA) is 44.5 Å². The molecule has 5 heteroatoms. The van der Waals surface area contributed by atoms with Gasteiger partial charge < -0.3 is 15.2 Å². The summed E-state index contributed by atoms with van der Waals surface area (Å²) in [6, 6.07) is 4.28. The Balaban J connectivity index is 0.00000128. The van der Waals surface area contributed by atoms with Crippen LogP contribution in [0.3, 0.4) is 0 Å². The summed E-state index contributed by atoms with van der Waals surface area (Å²) in [5.41, 5.74) is 5.66. The molecule has 1 aromatic carbocycles. The molecule has 0 aliphatic heterocycles. The number of benzene rings is 1. The van der Waals surface area contributed by atoms with Gasteiger partial charge in [0.1, 0.15) is 23.9 Å². The van der Waals surface area contributed by atoms with Crippen LogP contribution in [0.25, 0.3) is 0 Å². The third-order valence-electron chi connectivity index (χ3n) is 2.50. The highest BCUT2D eigenvalue weighted by molar-refractivity contribution is 5.85. The van der Waals surface area contributed by atoms with Gasteiger partial charge >= 0.3 is 0 Å². The van der Waals surface area contributed by atoms with E-state index in [9.17, 15) is 4.39 Å². The molecular formula is C11H15ClFNO2. The van der Waals surface area contributed by atoms with E-state index in [1.807, 2.05) is 0 Å². The Kier molecular flexibility index (Phi) is 3.99. The monoisotopic (exact) mass is 247 g/mol. The summed E-state index contributed by atoms with van der Waals surface area (Å²) < 4.78 is 23.4. The largest absolute Gasteiger partial charge is 0.497 e. The lowest BCUT2D eigenvalue weighted by molar-refractivity contribution is 0.276. The van der Waals surface area contributed by atoms with Crippen LogP contribution in [-0.4, -0.2) is 19.3 Å². The molecule has 0 unspecified atom stereocenters. The molecule has 3 nitrogen and oxygen atoms in total. The maximum atomic E-state index is 13.1. The molecule has 0 bridgehead atoms. The van der Waals surface area contributed by atoms with Crippen molar-refractivity contribution in [2.45, 2.75) is 18.4 Å². The van der Waals surface area contributed by atoms with Gasteiger partial charge in [0.15, 0.2) is 0 Å². The third kappa shape index (κ3) is 3.25. The van der Waals surface area contributed by atoms with Crippen LogP contribution < -0.4 is 15.2 Å². The standard InChI is InChI=1S/C11H14FNO2.ClH/c1-14-9-4-8(12)5-10(6-9)15-7-11(13)2-3-11;/h4-6H,2-3,7,13H2,1H3;1H. The van der Waals surface area contributed by atoms with Crippen LogP contribution in [0.1, 0.15) is 12.8 Å². The van der Waals surface area contributed by atoms with Crippen molar-refractivity contribution in [1.82, 2.24) is 0 Å². The van der Waals surface area contributed by atoms with Crippen LogP contribution in [0, 0.1) is 5.82 Å². The second-order valence-electron chi connectivity index (χ2n) is 3.98. The minimum atomic E-state index is -0.369. The van der Waals surface area contributed by atoms with Gasteiger partial charge in [0.2, 0.25) is 0 Å². The van der Waals surface area contributed by atoms with Crippen molar-refractivity contribution in [1.29, 1.82) is 0 Å². The maximum Gasteiger partial charge on any atom is 0.130 e. The molecule has 0 atom stereocenters. The van der Waals surface area contributed by atoms with Crippen LogP contribution in [0.4, 0.5) is 4.39 Å². The molecule has 1 saturated carbocycles. The Labute approximate surface area is 100 Å². The first-order valence-electron chi connectivity index (χ1n) is 4.88. The Morgan fingerprint density at radius 2 is 1.94 bits per heavy atom. The fourth-order valence-electron chi connectivity index (χ4n) is 1.27. The number of rotatable bonds is 4. The summed E-state index contributed by atoms with van der Waals surface area (Å²) in [6.07, 6.45) is 1.94. The maximum absolute atomic E-state index is 13.1. The summed E-state index contributed by atoms with van der Waals surface area (Å²) in [5, 5.41) is 0. The fourth-order valence-corrected chi connectivity index (χ4v) is 1.27. The van der Waals surface area contributed by atoms with Crippen LogP contribution in [-0.2, 0) is 0 Å². The molecule has 0 spiro atoms. The SMILES string of the molecule is COc1cc(F)cc(OCC2(N)CC2)c1.Cl. The van der Waals surface area contributed by atoms with Crippen LogP contribution in [0.15, 0.2) is 18.2 Å². The average molecular weight is 248 g/mol. The van der Waals surface area contributed by atoms with Crippen molar-refractivity contribution in [3.05, 3.63) is 24.0 Å². The Morgan fingerprint density at radius 3 is 2.50 bits per heavy atom. The minimum Gasteiger partial charge on any atom is -0.497 e. The van der Waals surface area contributed by atoms with Gasteiger partial charge in [-0.1, -0.05) is 0 Å². The first kappa shape index (κ1) is 13.1. The first-order valence-corrected chi connectivity index (χ1v) is 4.88. The number of hydrogen-bond acceptors (Lipinski definition) is 3. The number of hydrogen-bond donors (Lipinski definition) is 1. The molecule has 1 aliphatic rings. The summed E-state index contributed by atoms with van der Waals surface area (Å²) >= 11 is 0. The lowest BCUT2D eigenvalue weighted by Gasteiger charge is -2.11. The molecule has 90 valence electrons. The van der Waals surface area contributed by atoms with Crippen molar-refractivity contribution < 1.29 is 13.9 Å². The lowest BCUT2D eigenvalue weighted by Crippen LogP contribution is -2.29. The van der Waals surface area contributed by atoms with Crippen molar-refractivity contribution in [2.75, 3.05) is 13.7 Å². The zero-order chi connectivity index (χ0) is 10.9. The molecule has 1 aromatic rings. The molecule has 1 fully saturated rings. The fraction of sp³-hybridized carbons (Fsp3) is 0.455. The van der Waals surface area contributed by atoms with Crippen molar-refractivity contribution >= 4 is 12.4 Å². The van der Waals surface area contributed by atoms with Gasteiger partial charge in [-0.25, -0.2) is 4.39 Å². The molecule has 0 saturated heterocycles. The van der Waals surface area contributed by atoms with Gasteiger partial charge in [-0.15, -0.1) is 12.4 Å². The molecule has 0 aromatic heterocycles. The number of nitrogens with two attached hydrogens (primary N) is 1. The highest BCUT2D eigenvalue weighted by atomic mass is 35.5. The molecule has 0 amide bonds. The number of ether oxygens (including phenoxy) is 2. The molecule has 0 heterocycles. The quantitative estimate of drug-likeness (QED) is 0.887. The van der Waals surface area contributed by atoms with Gasteiger partial charge in [-0.3, -0.25) is 0 Å². The normalized spacial score (nSPS) is 16.2. The van der Waals surface area contributed by atoms with E-state index in [-0.39, 0.29) is 23.8 Å². The Hall–Kier alpha value is -1.00. The summed E-state index contributed by atoms with van der Waals surface area (Å²) in [6.45, 7) is 0.430. The van der Waals surface area contributed by atoms with Crippen LogP contribution in [0.2, 0.25) is 0 Å². The second kappa shape index (κ2) is 4.89. The van der Waals surface area contributed by atoms with Gasteiger partial charge in [-0.2, -0.15) is 0 Å². The average Bonchev–Trinajstić information content (AvgIpc) is 2.94. The van der Waals surface area contributed by atoms with Gasteiger partial charge in [0.05, 0.1) is 12.6 Å². The molecule has 2 N–H and O–H groups in total. The van der Waals surface area contributed by atoms with Gasteiger partial charge in [0.25, 0.3) is 0 Å². The van der Waals surface area contributed by atoms with Crippen molar-refractivity contribution in [2.24, 2.45) is 5.73 Å². The van der Waals surface area contributed by atoms with Crippen LogP contribution >= 0.6 is 12.4 Å². The Morgan fingerprint density at radius 1 is 1.31 bits per heavy atom. The van der Waals surface area contributed by atoms with Crippen molar-refractivity contribution in [3.63, 3.8) is 0 Å². The predicted molar refractivity (Wildman–Crippen MR) is 61.8 cm³/mol. The van der Waals surface area contributed by atoms with Gasteiger partial charge in [0, 0.05) is 18.2 Å². The van der Waals surface area contributed by atoms with E-state index in [1.54, 1.807) is 6.07 Å². The summed E-state index contributed by atoms with van der Waals surface area (Å²) in [5.74, 6) is 0.543. The predicted octanol–water partition coefficient (Wildman–Crippen LogP) is 2.13. The number of methoxy groups -OCH3 is 1. The molecule has 1 aliphatic carbocycles. The van der Waals surface area contributed by atoms with E-state index in [0.717, 1.165) is 12.8 Å². The van der Waals surface area contributed by atoms with Crippen molar-refractivity contribution in [3.8, 4) is 11.5 Å². The molecular weight excluding hydrogens is 233 g/mol. The lowest BCUT2D eigenvalue weighted by atomic mass is 10.3. The molecule has 2 rings (SSSR count). The van der Waals surface area contributed by atoms with E-state index in [1.165, 1.54) is 19.2 Å². The van der Waals surface area contributed by atoms with E-state index in [2.05, 4.69) is 0 Å². The zero-order valence-electron chi connectivity index (χ0n) is 9.03. The Bertz CT molecular complexity index is 369. The number of halogens is 2. The van der Waals surface area contributed by atoms with E-state index < -0.39 is 0 Å². The third-order valence-corrected chi connectivity index (χ3v) is 2.50. The van der Waals surface area contributed by atoms with Crippen LogP contribution in [0.5, 0.6) is 11.5 Å².